The van der Waals surface area contributed by atoms with Crippen molar-refractivity contribution < 1.29 is 4.79 Å². The van der Waals surface area contributed by atoms with Gasteiger partial charge in [-0.2, -0.15) is 0 Å². The Morgan fingerprint density at radius 1 is 1.53 bits per heavy atom. The van der Waals surface area contributed by atoms with Crippen molar-refractivity contribution in [2.75, 3.05) is 26.7 Å². The third-order valence-corrected chi connectivity index (χ3v) is 3.62. The Balaban J connectivity index is 2.34. The average molecular weight is 241 g/mol. The van der Waals surface area contributed by atoms with Gasteiger partial charge >= 0.3 is 0 Å². The van der Waals surface area contributed by atoms with Gasteiger partial charge in [0, 0.05) is 19.1 Å². The molecular weight excluding hydrogens is 214 g/mol. The number of unbranched alkanes of at least 4 members (excludes halogenated alkanes) is 1. The zero-order chi connectivity index (χ0) is 12.7. The molecule has 1 rings (SSSR count). The molecule has 0 bridgehead atoms. The van der Waals surface area contributed by atoms with Crippen LogP contribution in [0.4, 0.5) is 0 Å². The zero-order valence-electron chi connectivity index (χ0n) is 11.5. The maximum absolute atomic E-state index is 11.9. The number of likely N-dealkylation sites (N-methyl/N-ethyl adjacent to an activating group) is 1. The summed E-state index contributed by atoms with van der Waals surface area (Å²) < 4.78 is 0. The Morgan fingerprint density at radius 2 is 2.29 bits per heavy atom. The smallest absolute Gasteiger partial charge is 0.237 e. The number of carbonyl (C=O) groups is 1. The summed E-state index contributed by atoms with van der Waals surface area (Å²) in [5.74, 6) is 0.176. The molecule has 2 unspecified atom stereocenters. The molecule has 0 aromatic heterocycles. The quantitative estimate of drug-likeness (QED) is 0.681. The van der Waals surface area contributed by atoms with Gasteiger partial charge in [0.1, 0.15) is 0 Å². The second-order valence-corrected chi connectivity index (χ2v) is 4.94. The van der Waals surface area contributed by atoms with Crippen molar-refractivity contribution in [2.45, 2.75) is 51.6 Å². The maximum Gasteiger partial charge on any atom is 0.237 e. The molecule has 0 aromatic rings. The molecule has 2 atom stereocenters. The monoisotopic (exact) mass is 241 g/mol. The van der Waals surface area contributed by atoms with Crippen LogP contribution in [-0.2, 0) is 4.79 Å². The van der Waals surface area contributed by atoms with Gasteiger partial charge in [-0.1, -0.05) is 13.3 Å². The molecule has 1 aliphatic heterocycles. The Labute approximate surface area is 105 Å². The summed E-state index contributed by atoms with van der Waals surface area (Å²) in [6.45, 7) is 6.99. The van der Waals surface area contributed by atoms with Crippen LogP contribution in [0.3, 0.4) is 0 Å². The van der Waals surface area contributed by atoms with Gasteiger partial charge in [-0.15, -0.1) is 0 Å². The normalized spacial score (nSPS) is 23.4. The van der Waals surface area contributed by atoms with Gasteiger partial charge in [0.05, 0.1) is 6.04 Å². The van der Waals surface area contributed by atoms with Gasteiger partial charge in [0.2, 0.25) is 5.91 Å². The minimum Gasteiger partial charge on any atom is -0.355 e. The van der Waals surface area contributed by atoms with Crippen LogP contribution >= 0.6 is 0 Å². The van der Waals surface area contributed by atoms with Crippen molar-refractivity contribution in [3.05, 3.63) is 0 Å². The lowest BCUT2D eigenvalue weighted by Gasteiger charge is -2.35. The Hall–Kier alpha value is -0.610. The van der Waals surface area contributed by atoms with E-state index < -0.39 is 0 Å². The van der Waals surface area contributed by atoms with Gasteiger partial charge in [-0.05, 0) is 39.8 Å². The van der Waals surface area contributed by atoms with Gasteiger partial charge in [0.15, 0.2) is 0 Å². The fourth-order valence-electron chi connectivity index (χ4n) is 2.30. The molecular formula is C13H27N3O. The van der Waals surface area contributed by atoms with Crippen LogP contribution in [0.1, 0.15) is 39.5 Å². The van der Waals surface area contributed by atoms with Gasteiger partial charge in [-0.3, -0.25) is 9.69 Å². The molecule has 0 aliphatic carbocycles. The van der Waals surface area contributed by atoms with E-state index in [0.29, 0.717) is 6.04 Å². The highest BCUT2D eigenvalue weighted by Crippen LogP contribution is 2.12. The minimum absolute atomic E-state index is 0.00278. The summed E-state index contributed by atoms with van der Waals surface area (Å²) in [5, 5.41) is 6.32. The maximum atomic E-state index is 11.9. The van der Waals surface area contributed by atoms with Crippen LogP contribution in [0, 0.1) is 0 Å². The number of amides is 1. The van der Waals surface area contributed by atoms with E-state index in [-0.39, 0.29) is 11.9 Å². The Morgan fingerprint density at radius 3 is 2.94 bits per heavy atom. The first-order valence-electron chi connectivity index (χ1n) is 6.88. The van der Waals surface area contributed by atoms with E-state index in [1.54, 1.807) is 0 Å². The molecule has 1 saturated heterocycles. The molecule has 1 fully saturated rings. The number of carbonyl (C=O) groups excluding carboxylic acids is 1. The first-order chi connectivity index (χ1) is 8.19. The number of rotatable bonds is 6. The largest absolute Gasteiger partial charge is 0.355 e. The molecule has 0 radical (unpaired) electrons. The second-order valence-electron chi connectivity index (χ2n) is 4.94. The Bertz CT molecular complexity index is 233. The number of nitrogens with one attached hydrogen (secondary N) is 2. The molecule has 4 heteroatoms. The predicted octanol–water partition coefficient (Wildman–Crippen LogP) is 0.975. The van der Waals surface area contributed by atoms with Gasteiger partial charge in [0.25, 0.3) is 0 Å². The predicted molar refractivity (Wildman–Crippen MR) is 71.0 cm³/mol. The van der Waals surface area contributed by atoms with Crippen LogP contribution in [0.5, 0.6) is 0 Å². The van der Waals surface area contributed by atoms with Gasteiger partial charge < -0.3 is 10.6 Å². The van der Waals surface area contributed by atoms with E-state index in [0.717, 1.165) is 32.5 Å². The molecule has 100 valence electrons. The van der Waals surface area contributed by atoms with Crippen molar-refractivity contribution >= 4 is 5.91 Å². The van der Waals surface area contributed by atoms with Crippen LogP contribution in [0.2, 0.25) is 0 Å². The summed E-state index contributed by atoms with van der Waals surface area (Å²) in [7, 11) is 2.00. The van der Waals surface area contributed by atoms with Crippen molar-refractivity contribution in [3.8, 4) is 0 Å². The lowest BCUT2D eigenvalue weighted by atomic mass is 10.0. The lowest BCUT2D eigenvalue weighted by molar-refractivity contribution is -0.126. The van der Waals surface area contributed by atoms with Crippen LogP contribution in [0.25, 0.3) is 0 Å². The highest BCUT2D eigenvalue weighted by atomic mass is 16.2. The third kappa shape index (κ3) is 4.64. The summed E-state index contributed by atoms with van der Waals surface area (Å²) >= 11 is 0. The highest BCUT2D eigenvalue weighted by Gasteiger charge is 2.26. The third-order valence-electron chi connectivity index (χ3n) is 3.62. The Kier molecular flexibility index (Phi) is 6.52. The van der Waals surface area contributed by atoms with Gasteiger partial charge in [-0.25, -0.2) is 0 Å². The van der Waals surface area contributed by atoms with E-state index in [4.69, 9.17) is 0 Å². The summed E-state index contributed by atoms with van der Waals surface area (Å²) in [5.41, 5.74) is 0. The van der Waals surface area contributed by atoms with E-state index in [1.807, 2.05) is 14.0 Å². The molecule has 17 heavy (non-hydrogen) atoms. The second kappa shape index (κ2) is 7.67. The minimum atomic E-state index is 0.00278. The lowest BCUT2D eigenvalue weighted by Crippen LogP contribution is -2.52. The number of hydrogen-bond acceptors (Lipinski definition) is 3. The molecule has 1 heterocycles. The van der Waals surface area contributed by atoms with Crippen molar-refractivity contribution in [3.63, 3.8) is 0 Å². The fourth-order valence-corrected chi connectivity index (χ4v) is 2.30. The molecule has 1 amide bonds. The molecule has 0 saturated carbocycles. The van der Waals surface area contributed by atoms with E-state index >= 15 is 0 Å². The number of likely N-dealkylation sites (tertiary alicyclic amines) is 1. The molecule has 0 aromatic carbocycles. The highest BCUT2D eigenvalue weighted by molar-refractivity contribution is 5.81. The topological polar surface area (TPSA) is 44.4 Å². The fraction of sp³-hybridized carbons (Fsp3) is 0.923. The first-order valence-corrected chi connectivity index (χ1v) is 6.88. The zero-order valence-corrected chi connectivity index (χ0v) is 11.5. The summed E-state index contributed by atoms with van der Waals surface area (Å²) in [6, 6.07) is 0.539. The number of piperidine rings is 1. The summed E-state index contributed by atoms with van der Waals surface area (Å²) in [6.07, 6.45) is 4.59. The number of hydrogen-bond donors (Lipinski definition) is 2. The van der Waals surface area contributed by atoms with Crippen molar-refractivity contribution in [2.24, 2.45) is 0 Å². The van der Waals surface area contributed by atoms with Crippen LogP contribution in [-0.4, -0.2) is 49.6 Å². The summed E-state index contributed by atoms with van der Waals surface area (Å²) in [4.78, 5) is 14.2. The molecule has 1 aliphatic rings. The number of nitrogens with zero attached hydrogens (tertiary/aromatic N) is 1. The SMILES string of the molecule is CCCCNC(=O)C(C)N1CCCC(NC)C1. The average Bonchev–Trinajstić information content (AvgIpc) is 2.38. The molecule has 0 spiro atoms. The van der Waals surface area contributed by atoms with Crippen molar-refractivity contribution in [1.82, 2.24) is 15.5 Å². The molecule has 4 nitrogen and oxygen atoms in total. The van der Waals surface area contributed by atoms with E-state index in [9.17, 15) is 4.79 Å². The van der Waals surface area contributed by atoms with Crippen molar-refractivity contribution in [1.29, 1.82) is 0 Å². The molecule has 2 N–H and O–H groups in total. The van der Waals surface area contributed by atoms with E-state index in [1.165, 1.54) is 12.8 Å². The standard InChI is InChI=1S/C13H27N3O/c1-4-5-8-15-13(17)11(2)16-9-6-7-12(10-16)14-3/h11-12,14H,4-10H2,1-3H3,(H,15,17). The van der Waals surface area contributed by atoms with E-state index in [2.05, 4.69) is 22.5 Å². The van der Waals surface area contributed by atoms with Crippen LogP contribution < -0.4 is 10.6 Å². The van der Waals surface area contributed by atoms with Crippen LogP contribution in [0.15, 0.2) is 0 Å². The first kappa shape index (κ1) is 14.5.